The zero-order chi connectivity index (χ0) is 17.1. The Bertz CT molecular complexity index is 776. The third kappa shape index (κ3) is 4.35. The number of hydrogen-bond acceptors (Lipinski definition) is 3. The number of thiocarbonyl (C=S) groups is 1. The summed E-state index contributed by atoms with van der Waals surface area (Å²) in [7, 11) is 0. The summed E-state index contributed by atoms with van der Waals surface area (Å²) in [6, 6.07) is 8.11. The summed E-state index contributed by atoms with van der Waals surface area (Å²) in [6.45, 7) is 1.75. The standard InChI is InChI=1S/C15H11BrCl2N2O2S/c1-7-5-8(6-10(16)13(7)21)19-15(23)20-14(22)9-3-2-4-11(17)12(9)18/h2-6,21H,1H3,(H2,19,20,22,23). The van der Waals surface area contributed by atoms with Crippen molar-refractivity contribution in [2.45, 2.75) is 6.92 Å². The molecular formula is C15H11BrCl2N2O2S. The first kappa shape index (κ1) is 18.0. The Morgan fingerprint density at radius 3 is 2.65 bits per heavy atom. The third-order valence-corrected chi connectivity index (χ3v) is 4.56. The normalized spacial score (nSPS) is 10.3. The quantitative estimate of drug-likeness (QED) is 0.465. The molecule has 0 aliphatic heterocycles. The van der Waals surface area contributed by atoms with Crippen molar-refractivity contribution >= 4 is 68.1 Å². The molecule has 1 amide bonds. The summed E-state index contributed by atoms with van der Waals surface area (Å²) >= 11 is 20.2. The number of carbonyl (C=O) groups excluding carboxylic acids is 1. The van der Waals surface area contributed by atoms with Gasteiger partial charge in [0.05, 0.1) is 20.1 Å². The number of phenolic OH excluding ortho intramolecular Hbond substituents is 1. The number of aryl methyl sites for hydroxylation is 1. The molecule has 23 heavy (non-hydrogen) atoms. The van der Waals surface area contributed by atoms with E-state index in [4.69, 9.17) is 35.4 Å². The van der Waals surface area contributed by atoms with Crippen LogP contribution >= 0.6 is 51.3 Å². The van der Waals surface area contributed by atoms with Gasteiger partial charge in [-0.1, -0.05) is 29.3 Å². The van der Waals surface area contributed by atoms with Crippen molar-refractivity contribution < 1.29 is 9.90 Å². The number of hydrogen-bond donors (Lipinski definition) is 3. The molecule has 0 saturated heterocycles. The molecule has 0 unspecified atom stereocenters. The predicted octanol–water partition coefficient (Wildman–Crippen LogP) is 4.90. The van der Waals surface area contributed by atoms with Gasteiger partial charge in [-0.05, 0) is 64.9 Å². The SMILES string of the molecule is Cc1cc(NC(=S)NC(=O)c2cccc(Cl)c2Cl)cc(Br)c1O. The maximum absolute atomic E-state index is 12.2. The smallest absolute Gasteiger partial charge is 0.258 e. The zero-order valence-corrected chi connectivity index (χ0v) is 15.7. The van der Waals surface area contributed by atoms with Crippen molar-refractivity contribution in [2.24, 2.45) is 0 Å². The fraction of sp³-hybridized carbons (Fsp3) is 0.0667. The minimum absolute atomic E-state index is 0.100. The monoisotopic (exact) mass is 432 g/mol. The second-order valence-electron chi connectivity index (χ2n) is 4.63. The number of benzene rings is 2. The van der Waals surface area contributed by atoms with E-state index in [1.54, 1.807) is 37.3 Å². The van der Waals surface area contributed by atoms with E-state index in [-0.39, 0.29) is 26.5 Å². The summed E-state index contributed by atoms with van der Waals surface area (Å²) in [5, 5.41) is 15.7. The molecule has 0 saturated carbocycles. The minimum atomic E-state index is -0.468. The Morgan fingerprint density at radius 2 is 2.00 bits per heavy atom. The van der Waals surface area contributed by atoms with Gasteiger partial charge in [0.15, 0.2) is 5.11 Å². The highest BCUT2D eigenvalue weighted by Crippen LogP contribution is 2.31. The molecule has 120 valence electrons. The van der Waals surface area contributed by atoms with Crippen LogP contribution in [0, 0.1) is 6.92 Å². The summed E-state index contributed by atoms with van der Waals surface area (Å²) in [5.74, 6) is -0.319. The summed E-state index contributed by atoms with van der Waals surface area (Å²) < 4.78 is 0.520. The van der Waals surface area contributed by atoms with E-state index in [0.29, 0.717) is 15.7 Å². The summed E-state index contributed by atoms with van der Waals surface area (Å²) in [6.07, 6.45) is 0. The van der Waals surface area contributed by atoms with E-state index in [0.717, 1.165) is 0 Å². The van der Waals surface area contributed by atoms with Gasteiger partial charge >= 0.3 is 0 Å². The first-order valence-corrected chi connectivity index (χ1v) is 8.30. The maximum Gasteiger partial charge on any atom is 0.258 e. The van der Waals surface area contributed by atoms with E-state index in [9.17, 15) is 9.90 Å². The van der Waals surface area contributed by atoms with E-state index in [1.807, 2.05) is 0 Å². The Morgan fingerprint density at radius 1 is 1.30 bits per heavy atom. The number of phenols is 1. The lowest BCUT2D eigenvalue weighted by Crippen LogP contribution is -2.34. The lowest BCUT2D eigenvalue weighted by atomic mass is 10.2. The molecule has 0 aliphatic carbocycles. The van der Waals surface area contributed by atoms with Crippen LogP contribution in [0.4, 0.5) is 5.69 Å². The number of halogens is 3. The van der Waals surface area contributed by atoms with Crippen LogP contribution < -0.4 is 10.6 Å². The molecule has 4 nitrogen and oxygen atoms in total. The van der Waals surface area contributed by atoms with E-state index in [2.05, 4.69) is 26.6 Å². The highest BCUT2D eigenvalue weighted by molar-refractivity contribution is 9.10. The van der Waals surface area contributed by atoms with Gasteiger partial charge in [-0.15, -0.1) is 0 Å². The molecule has 0 aliphatic rings. The highest BCUT2D eigenvalue weighted by Gasteiger charge is 2.14. The lowest BCUT2D eigenvalue weighted by molar-refractivity contribution is 0.0978. The maximum atomic E-state index is 12.2. The van der Waals surface area contributed by atoms with Crippen molar-refractivity contribution in [3.05, 3.63) is 56.0 Å². The van der Waals surface area contributed by atoms with Crippen molar-refractivity contribution in [1.82, 2.24) is 5.32 Å². The molecule has 0 spiro atoms. The van der Waals surface area contributed by atoms with E-state index >= 15 is 0 Å². The molecule has 0 heterocycles. The molecular weight excluding hydrogens is 423 g/mol. The average molecular weight is 434 g/mol. The van der Waals surface area contributed by atoms with Crippen LogP contribution in [0.2, 0.25) is 10.0 Å². The Hall–Kier alpha value is -1.34. The van der Waals surface area contributed by atoms with Gasteiger partial charge in [0.2, 0.25) is 0 Å². The molecule has 0 fully saturated rings. The first-order chi connectivity index (χ1) is 10.8. The van der Waals surface area contributed by atoms with Crippen LogP contribution in [0.3, 0.4) is 0 Å². The van der Waals surface area contributed by atoms with Crippen LogP contribution in [0.25, 0.3) is 0 Å². The van der Waals surface area contributed by atoms with Crippen molar-refractivity contribution in [2.75, 3.05) is 5.32 Å². The van der Waals surface area contributed by atoms with Gasteiger partial charge in [-0.25, -0.2) is 0 Å². The number of rotatable bonds is 2. The number of anilines is 1. The Kier molecular flexibility index (Phi) is 5.86. The Labute approximate surface area is 156 Å². The lowest BCUT2D eigenvalue weighted by Gasteiger charge is -2.12. The molecule has 2 rings (SSSR count). The first-order valence-electron chi connectivity index (χ1n) is 6.35. The molecule has 0 atom stereocenters. The number of carbonyl (C=O) groups is 1. The van der Waals surface area contributed by atoms with Crippen LogP contribution in [0.1, 0.15) is 15.9 Å². The molecule has 0 radical (unpaired) electrons. The third-order valence-electron chi connectivity index (χ3n) is 2.94. The fourth-order valence-electron chi connectivity index (χ4n) is 1.82. The second kappa shape index (κ2) is 7.49. The topological polar surface area (TPSA) is 61.4 Å². The van der Waals surface area contributed by atoms with E-state index in [1.165, 1.54) is 0 Å². The van der Waals surface area contributed by atoms with Crippen LogP contribution in [-0.2, 0) is 0 Å². The van der Waals surface area contributed by atoms with Crippen molar-refractivity contribution in [3.8, 4) is 5.75 Å². The van der Waals surface area contributed by atoms with Crippen molar-refractivity contribution in [1.29, 1.82) is 0 Å². The van der Waals surface area contributed by atoms with Gasteiger partial charge in [0, 0.05) is 5.69 Å². The van der Waals surface area contributed by atoms with Crippen LogP contribution in [0.5, 0.6) is 5.75 Å². The molecule has 2 aromatic carbocycles. The van der Waals surface area contributed by atoms with E-state index < -0.39 is 5.91 Å². The number of aromatic hydroxyl groups is 1. The van der Waals surface area contributed by atoms with Gasteiger partial charge < -0.3 is 10.4 Å². The van der Waals surface area contributed by atoms with Gasteiger partial charge in [-0.2, -0.15) is 0 Å². The number of amides is 1. The zero-order valence-electron chi connectivity index (χ0n) is 11.8. The van der Waals surface area contributed by atoms with Gasteiger partial charge in [0.25, 0.3) is 5.91 Å². The van der Waals surface area contributed by atoms with Crippen LogP contribution in [-0.4, -0.2) is 16.1 Å². The molecule has 3 N–H and O–H groups in total. The van der Waals surface area contributed by atoms with Gasteiger partial charge in [-0.3, -0.25) is 10.1 Å². The number of nitrogens with one attached hydrogen (secondary N) is 2. The molecule has 2 aromatic rings. The van der Waals surface area contributed by atoms with Gasteiger partial charge in [0.1, 0.15) is 5.75 Å². The Balaban J connectivity index is 2.11. The molecule has 0 bridgehead atoms. The predicted molar refractivity (Wildman–Crippen MR) is 101 cm³/mol. The largest absolute Gasteiger partial charge is 0.506 e. The second-order valence-corrected chi connectivity index (χ2v) is 6.68. The summed E-state index contributed by atoms with van der Waals surface area (Å²) in [4.78, 5) is 12.2. The van der Waals surface area contributed by atoms with Crippen molar-refractivity contribution in [3.63, 3.8) is 0 Å². The average Bonchev–Trinajstić information content (AvgIpc) is 2.47. The molecule has 0 aromatic heterocycles. The minimum Gasteiger partial charge on any atom is -0.506 e. The summed E-state index contributed by atoms with van der Waals surface area (Å²) in [5.41, 5.74) is 1.51. The fourth-order valence-corrected chi connectivity index (χ4v) is 2.98. The molecule has 8 heteroatoms. The van der Waals surface area contributed by atoms with Crippen LogP contribution in [0.15, 0.2) is 34.8 Å². The highest BCUT2D eigenvalue weighted by atomic mass is 79.9.